The van der Waals surface area contributed by atoms with E-state index < -0.39 is 0 Å². The fraction of sp³-hybridized carbons (Fsp3) is 0.0357. The highest BCUT2D eigenvalue weighted by Gasteiger charge is 2.35. The molecule has 30 heavy (non-hydrogen) atoms. The number of hydrogen-bond acceptors (Lipinski definition) is 1. The lowest BCUT2D eigenvalue weighted by Gasteiger charge is -2.18. The van der Waals surface area contributed by atoms with Gasteiger partial charge in [-0.2, -0.15) is 0 Å². The van der Waals surface area contributed by atoms with Crippen LogP contribution in [0.1, 0.15) is 22.3 Å². The highest BCUT2D eigenvalue weighted by Crippen LogP contribution is 2.43. The second-order valence-electron chi connectivity index (χ2n) is 7.38. The summed E-state index contributed by atoms with van der Waals surface area (Å²) < 4.78 is 0. The van der Waals surface area contributed by atoms with E-state index in [4.69, 9.17) is 0 Å². The number of benzene rings is 4. The molecule has 0 spiro atoms. The number of carbonyl (C=O) groups is 1. The minimum atomic E-state index is 0.0442. The third-order valence-corrected chi connectivity index (χ3v) is 5.48. The average Bonchev–Trinajstić information content (AvgIpc) is 3.08. The van der Waals surface area contributed by atoms with Gasteiger partial charge < -0.3 is 4.90 Å². The Kier molecular flexibility index (Phi) is 4.74. The molecular weight excluding hydrogens is 366 g/mol. The Morgan fingerprint density at radius 3 is 1.70 bits per heavy atom. The van der Waals surface area contributed by atoms with Gasteiger partial charge in [-0.25, -0.2) is 0 Å². The molecule has 0 N–H and O–H groups in total. The van der Waals surface area contributed by atoms with Gasteiger partial charge in [-0.3, -0.25) is 4.79 Å². The van der Waals surface area contributed by atoms with Crippen LogP contribution in [0.15, 0.2) is 115 Å². The highest BCUT2D eigenvalue weighted by atomic mass is 16.2. The van der Waals surface area contributed by atoms with E-state index in [9.17, 15) is 4.79 Å². The maximum absolute atomic E-state index is 13.8. The third-order valence-electron chi connectivity index (χ3n) is 5.48. The summed E-state index contributed by atoms with van der Waals surface area (Å²) in [7, 11) is 0. The Morgan fingerprint density at radius 2 is 1.10 bits per heavy atom. The molecule has 1 heterocycles. The molecule has 2 heteroatoms. The lowest BCUT2D eigenvalue weighted by molar-refractivity contribution is -0.113. The largest absolute Gasteiger partial charge is 0.303 e. The lowest BCUT2D eigenvalue weighted by atomic mass is 9.90. The molecule has 0 aliphatic carbocycles. The van der Waals surface area contributed by atoms with Crippen LogP contribution >= 0.6 is 0 Å². The molecule has 144 valence electrons. The van der Waals surface area contributed by atoms with Crippen LogP contribution in [-0.2, 0) is 11.3 Å². The van der Waals surface area contributed by atoms with E-state index in [-0.39, 0.29) is 5.91 Å². The molecule has 5 rings (SSSR count). The number of nitrogens with zero attached hydrogens (tertiary/aromatic N) is 1. The summed E-state index contributed by atoms with van der Waals surface area (Å²) in [6, 6.07) is 38.6. The standard InChI is InChI=1S/C28H21NO/c30-28-27(26(22-14-6-2-7-15-22)23-16-8-3-9-17-23)24-18-10-11-19-25(24)29(28)20-21-12-4-1-5-13-21/h1-19H,20H2. The van der Waals surface area contributed by atoms with Gasteiger partial charge in [0.05, 0.1) is 17.8 Å². The van der Waals surface area contributed by atoms with Crippen molar-refractivity contribution in [3.63, 3.8) is 0 Å². The maximum atomic E-state index is 13.8. The van der Waals surface area contributed by atoms with Gasteiger partial charge in [-0.05, 0) is 22.8 Å². The van der Waals surface area contributed by atoms with Gasteiger partial charge in [0.25, 0.3) is 5.91 Å². The van der Waals surface area contributed by atoms with E-state index >= 15 is 0 Å². The molecule has 1 amide bonds. The van der Waals surface area contributed by atoms with Gasteiger partial charge in [-0.1, -0.05) is 109 Å². The Labute approximate surface area is 176 Å². The zero-order chi connectivity index (χ0) is 20.3. The normalized spacial score (nSPS) is 12.7. The van der Waals surface area contributed by atoms with Crippen molar-refractivity contribution in [2.45, 2.75) is 6.54 Å². The first-order chi connectivity index (χ1) is 14.8. The molecule has 0 radical (unpaired) electrons. The predicted molar refractivity (Wildman–Crippen MR) is 123 cm³/mol. The Balaban J connectivity index is 1.73. The minimum Gasteiger partial charge on any atom is -0.303 e. The van der Waals surface area contributed by atoms with Crippen molar-refractivity contribution in [2.24, 2.45) is 0 Å². The smallest absolute Gasteiger partial charge is 0.259 e. The van der Waals surface area contributed by atoms with Crippen LogP contribution in [-0.4, -0.2) is 5.91 Å². The van der Waals surface area contributed by atoms with Crippen molar-refractivity contribution in [2.75, 3.05) is 4.90 Å². The van der Waals surface area contributed by atoms with Crippen molar-refractivity contribution < 1.29 is 4.79 Å². The first kappa shape index (κ1) is 18.1. The summed E-state index contributed by atoms with van der Waals surface area (Å²) >= 11 is 0. The first-order valence-corrected chi connectivity index (χ1v) is 10.1. The van der Waals surface area contributed by atoms with E-state index in [1.54, 1.807) is 0 Å². The van der Waals surface area contributed by atoms with Crippen molar-refractivity contribution in [3.8, 4) is 0 Å². The molecule has 0 fully saturated rings. The topological polar surface area (TPSA) is 20.3 Å². The lowest BCUT2D eigenvalue weighted by Crippen LogP contribution is -2.26. The summed E-state index contributed by atoms with van der Waals surface area (Å²) in [4.78, 5) is 15.7. The number of para-hydroxylation sites is 1. The number of rotatable bonds is 4. The molecule has 1 aliphatic rings. The summed E-state index contributed by atoms with van der Waals surface area (Å²) in [5, 5.41) is 0. The molecule has 4 aromatic carbocycles. The van der Waals surface area contributed by atoms with E-state index in [0.29, 0.717) is 6.54 Å². The Hall–Kier alpha value is -3.91. The number of hydrogen-bond donors (Lipinski definition) is 0. The van der Waals surface area contributed by atoms with Gasteiger partial charge in [0.1, 0.15) is 0 Å². The molecule has 1 aliphatic heterocycles. The van der Waals surface area contributed by atoms with Crippen LogP contribution in [0, 0.1) is 0 Å². The third kappa shape index (κ3) is 3.23. The fourth-order valence-electron chi connectivity index (χ4n) is 4.11. The predicted octanol–water partition coefficient (Wildman–Crippen LogP) is 6.19. The number of fused-ring (bicyclic) bond motifs is 1. The zero-order valence-electron chi connectivity index (χ0n) is 16.5. The summed E-state index contributed by atoms with van der Waals surface area (Å²) in [6.45, 7) is 0.553. The molecule has 4 aromatic rings. The SMILES string of the molecule is O=C1C(=C(c2ccccc2)c2ccccc2)c2ccccc2N1Cc1ccccc1. The molecular formula is C28H21NO. The fourth-order valence-corrected chi connectivity index (χ4v) is 4.11. The molecule has 0 saturated heterocycles. The monoisotopic (exact) mass is 387 g/mol. The van der Waals surface area contributed by atoms with E-state index in [1.165, 1.54) is 0 Å². The average molecular weight is 387 g/mol. The van der Waals surface area contributed by atoms with E-state index in [1.807, 2.05) is 77.7 Å². The van der Waals surface area contributed by atoms with Gasteiger partial charge in [0, 0.05) is 11.1 Å². The number of carbonyl (C=O) groups excluding carboxylic acids is 1. The van der Waals surface area contributed by atoms with E-state index in [2.05, 4.69) is 42.5 Å². The minimum absolute atomic E-state index is 0.0442. The summed E-state index contributed by atoms with van der Waals surface area (Å²) in [5.41, 5.74) is 6.89. The van der Waals surface area contributed by atoms with Crippen LogP contribution in [0.2, 0.25) is 0 Å². The summed E-state index contributed by atoms with van der Waals surface area (Å²) in [5.74, 6) is 0.0442. The molecule has 0 saturated carbocycles. The van der Waals surface area contributed by atoms with Crippen LogP contribution in [0.5, 0.6) is 0 Å². The van der Waals surface area contributed by atoms with Crippen molar-refractivity contribution in [1.29, 1.82) is 0 Å². The zero-order valence-corrected chi connectivity index (χ0v) is 16.5. The number of anilines is 1. The maximum Gasteiger partial charge on any atom is 0.259 e. The van der Waals surface area contributed by atoms with Gasteiger partial charge in [0.2, 0.25) is 0 Å². The molecule has 0 unspecified atom stereocenters. The van der Waals surface area contributed by atoms with Gasteiger partial charge in [0.15, 0.2) is 0 Å². The van der Waals surface area contributed by atoms with Gasteiger partial charge >= 0.3 is 0 Å². The Bertz CT molecular complexity index is 1170. The molecule has 0 aromatic heterocycles. The van der Waals surface area contributed by atoms with E-state index in [0.717, 1.165) is 39.1 Å². The second-order valence-corrected chi connectivity index (χ2v) is 7.38. The van der Waals surface area contributed by atoms with Crippen molar-refractivity contribution in [3.05, 3.63) is 138 Å². The summed E-state index contributed by atoms with van der Waals surface area (Å²) in [6.07, 6.45) is 0. The molecule has 2 nitrogen and oxygen atoms in total. The Morgan fingerprint density at radius 1 is 0.600 bits per heavy atom. The molecule has 0 bridgehead atoms. The van der Waals surface area contributed by atoms with Crippen LogP contribution in [0.25, 0.3) is 11.1 Å². The second kappa shape index (κ2) is 7.84. The van der Waals surface area contributed by atoms with Gasteiger partial charge in [-0.15, -0.1) is 0 Å². The van der Waals surface area contributed by atoms with Crippen molar-refractivity contribution in [1.82, 2.24) is 0 Å². The highest BCUT2D eigenvalue weighted by molar-refractivity contribution is 6.38. The van der Waals surface area contributed by atoms with Crippen molar-refractivity contribution >= 4 is 22.7 Å². The first-order valence-electron chi connectivity index (χ1n) is 10.1. The quantitative estimate of drug-likeness (QED) is 0.382. The van der Waals surface area contributed by atoms with Crippen LogP contribution in [0.3, 0.4) is 0 Å². The van der Waals surface area contributed by atoms with Crippen LogP contribution in [0.4, 0.5) is 5.69 Å². The molecule has 0 atom stereocenters. The number of amides is 1. The van der Waals surface area contributed by atoms with Crippen LogP contribution < -0.4 is 4.90 Å².